The van der Waals surface area contributed by atoms with Crippen molar-refractivity contribution >= 4 is 11.6 Å². The molecule has 5 heteroatoms. The summed E-state index contributed by atoms with van der Waals surface area (Å²) in [5.41, 5.74) is 2.68. The van der Waals surface area contributed by atoms with E-state index in [2.05, 4.69) is 20.6 Å². The summed E-state index contributed by atoms with van der Waals surface area (Å²) >= 11 is 0. The number of anilines is 1. The van der Waals surface area contributed by atoms with Crippen molar-refractivity contribution in [3.8, 4) is 11.4 Å². The van der Waals surface area contributed by atoms with Crippen molar-refractivity contribution in [2.24, 2.45) is 0 Å². The number of rotatable bonds is 3. The molecule has 0 bridgehead atoms. The van der Waals surface area contributed by atoms with E-state index in [1.165, 1.54) is 0 Å². The van der Waals surface area contributed by atoms with Gasteiger partial charge in [0.1, 0.15) is 0 Å². The third-order valence-corrected chi connectivity index (χ3v) is 3.83. The summed E-state index contributed by atoms with van der Waals surface area (Å²) in [6, 6.07) is 9.43. The average Bonchev–Trinajstić information content (AvgIpc) is 2.56. The smallest absolute Gasteiger partial charge is 0.241 e. The first kappa shape index (κ1) is 14.7. The van der Waals surface area contributed by atoms with Crippen LogP contribution in [0.1, 0.15) is 25.0 Å². The molecule has 0 saturated carbocycles. The average molecular weight is 296 g/mol. The van der Waals surface area contributed by atoms with E-state index in [-0.39, 0.29) is 11.9 Å². The number of aryl methyl sites for hydroxylation is 1. The van der Waals surface area contributed by atoms with Gasteiger partial charge in [0, 0.05) is 23.1 Å². The fourth-order valence-electron chi connectivity index (χ4n) is 2.60. The zero-order chi connectivity index (χ0) is 15.4. The molecule has 1 fully saturated rings. The Morgan fingerprint density at radius 2 is 2.05 bits per heavy atom. The number of benzene rings is 1. The molecule has 0 spiro atoms. The molecule has 1 aliphatic rings. The fraction of sp³-hybridized carbons (Fsp3) is 0.353. The Kier molecular flexibility index (Phi) is 4.44. The van der Waals surface area contributed by atoms with Crippen molar-refractivity contribution in [2.75, 3.05) is 11.9 Å². The molecule has 2 N–H and O–H groups in total. The number of piperidine rings is 1. The van der Waals surface area contributed by atoms with Gasteiger partial charge in [0.05, 0.1) is 6.04 Å². The van der Waals surface area contributed by atoms with Crippen LogP contribution in [0.3, 0.4) is 0 Å². The number of hydrogen-bond donors (Lipinski definition) is 2. The van der Waals surface area contributed by atoms with E-state index in [0.717, 1.165) is 42.8 Å². The minimum absolute atomic E-state index is 0.0410. The second-order valence-corrected chi connectivity index (χ2v) is 5.59. The van der Waals surface area contributed by atoms with Crippen LogP contribution in [-0.4, -0.2) is 28.5 Å². The van der Waals surface area contributed by atoms with Gasteiger partial charge in [0.2, 0.25) is 5.91 Å². The molecule has 0 aliphatic carbocycles. The summed E-state index contributed by atoms with van der Waals surface area (Å²) in [6.07, 6.45) is 4.91. The van der Waals surface area contributed by atoms with Gasteiger partial charge in [0.15, 0.2) is 5.82 Å². The van der Waals surface area contributed by atoms with Gasteiger partial charge < -0.3 is 10.6 Å². The number of aromatic nitrogens is 2. The van der Waals surface area contributed by atoms with Crippen LogP contribution >= 0.6 is 0 Å². The maximum atomic E-state index is 12.2. The first-order valence-corrected chi connectivity index (χ1v) is 7.67. The van der Waals surface area contributed by atoms with E-state index in [9.17, 15) is 4.79 Å². The van der Waals surface area contributed by atoms with Crippen LogP contribution < -0.4 is 10.6 Å². The monoisotopic (exact) mass is 296 g/mol. The van der Waals surface area contributed by atoms with Crippen LogP contribution in [0.2, 0.25) is 0 Å². The van der Waals surface area contributed by atoms with E-state index in [1.807, 2.05) is 37.3 Å². The summed E-state index contributed by atoms with van der Waals surface area (Å²) < 4.78 is 0. The minimum Gasteiger partial charge on any atom is -0.325 e. The standard InChI is InChI=1S/C17H20N4O/c1-12-9-11-19-16(20-12)13-5-7-14(8-6-13)21-17(22)15-4-2-3-10-18-15/h5-9,11,15,18H,2-4,10H2,1H3,(H,21,22). The highest BCUT2D eigenvalue weighted by Gasteiger charge is 2.20. The summed E-state index contributed by atoms with van der Waals surface area (Å²) in [5.74, 6) is 0.742. The summed E-state index contributed by atoms with van der Waals surface area (Å²) in [6.45, 7) is 2.86. The molecule has 3 rings (SSSR count). The Hall–Kier alpha value is -2.27. The zero-order valence-corrected chi connectivity index (χ0v) is 12.7. The topological polar surface area (TPSA) is 66.9 Å². The number of carbonyl (C=O) groups excluding carboxylic acids is 1. The highest BCUT2D eigenvalue weighted by molar-refractivity contribution is 5.95. The van der Waals surface area contributed by atoms with Crippen LogP contribution in [-0.2, 0) is 4.79 Å². The predicted molar refractivity (Wildman–Crippen MR) is 86.5 cm³/mol. The molecule has 1 unspecified atom stereocenters. The first-order chi connectivity index (χ1) is 10.7. The highest BCUT2D eigenvalue weighted by Crippen LogP contribution is 2.18. The molecule has 5 nitrogen and oxygen atoms in total. The van der Waals surface area contributed by atoms with Crippen LogP contribution in [0.25, 0.3) is 11.4 Å². The Balaban J connectivity index is 1.67. The summed E-state index contributed by atoms with van der Waals surface area (Å²) in [4.78, 5) is 20.8. The van der Waals surface area contributed by atoms with Crippen molar-refractivity contribution in [1.29, 1.82) is 0 Å². The van der Waals surface area contributed by atoms with Crippen molar-refractivity contribution in [3.05, 3.63) is 42.2 Å². The maximum absolute atomic E-state index is 12.2. The van der Waals surface area contributed by atoms with E-state index < -0.39 is 0 Å². The Labute approximate surface area is 130 Å². The number of nitrogens with zero attached hydrogens (tertiary/aromatic N) is 2. The third kappa shape index (κ3) is 3.49. The largest absolute Gasteiger partial charge is 0.325 e. The second kappa shape index (κ2) is 6.66. The van der Waals surface area contributed by atoms with Gasteiger partial charge in [-0.3, -0.25) is 4.79 Å². The van der Waals surface area contributed by atoms with E-state index in [0.29, 0.717) is 5.82 Å². The van der Waals surface area contributed by atoms with Gasteiger partial charge >= 0.3 is 0 Å². The van der Waals surface area contributed by atoms with Gasteiger partial charge in [-0.25, -0.2) is 9.97 Å². The second-order valence-electron chi connectivity index (χ2n) is 5.59. The van der Waals surface area contributed by atoms with Crippen LogP contribution in [0.4, 0.5) is 5.69 Å². The molecule has 22 heavy (non-hydrogen) atoms. The van der Waals surface area contributed by atoms with E-state index >= 15 is 0 Å². The van der Waals surface area contributed by atoms with Gasteiger partial charge in [-0.2, -0.15) is 0 Å². The van der Waals surface area contributed by atoms with Crippen molar-refractivity contribution in [2.45, 2.75) is 32.2 Å². The molecule has 1 amide bonds. The van der Waals surface area contributed by atoms with Crippen molar-refractivity contribution < 1.29 is 4.79 Å². The van der Waals surface area contributed by atoms with Crippen molar-refractivity contribution in [1.82, 2.24) is 15.3 Å². The molecule has 1 atom stereocenters. The van der Waals surface area contributed by atoms with Crippen molar-refractivity contribution in [3.63, 3.8) is 0 Å². The molecule has 1 aromatic carbocycles. The lowest BCUT2D eigenvalue weighted by Crippen LogP contribution is -2.43. The van der Waals surface area contributed by atoms with Gasteiger partial charge in [0.25, 0.3) is 0 Å². The minimum atomic E-state index is -0.0754. The van der Waals surface area contributed by atoms with Crippen LogP contribution in [0.15, 0.2) is 36.5 Å². The van der Waals surface area contributed by atoms with E-state index in [4.69, 9.17) is 0 Å². The lowest BCUT2D eigenvalue weighted by atomic mass is 10.0. The molecule has 1 aromatic heterocycles. The van der Waals surface area contributed by atoms with Crippen LogP contribution in [0, 0.1) is 6.92 Å². The lowest BCUT2D eigenvalue weighted by molar-refractivity contribution is -0.118. The van der Waals surface area contributed by atoms with Crippen LogP contribution in [0.5, 0.6) is 0 Å². The number of hydrogen-bond acceptors (Lipinski definition) is 4. The zero-order valence-electron chi connectivity index (χ0n) is 12.7. The molecular formula is C17H20N4O. The molecule has 2 heterocycles. The fourth-order valence-corrected chi connectivity index (χ4v) is 2.60. The number of nitrogens with one attached hydrogen (secondary N) is 2. The third-order valence-electron chi connectivity index (χ3n) is 3.83. The summed E-state index contributed by atoms with van der Waals surface area (Å²) in [7, 11) is 0. The predicted octanol–water partition coefficient (Wildman–Crippen LogP) is 2.53. The Bertz CT molecular complexity index is 648. The normalized spacial score (nSPS) is 18.0. The number of carbonyl (C=O) groups is 1. The lowest BCUT2D eigenvalue weighted by Gasteiger charge is -2.22. The number of amides is 1. The SMILES string of the molecule is Cc1ccnc(-c2ccc(NC(=O)C3CCCCN3)cc2)n1. The first-order valence-electron chi connectivity index (χ1n) is 7.67. The Morgan fingerprint density at radius 1 is 1.23 bits per heavy atom. The quantitative estimate of drug-likeness (QED) is 0.913. The molecule has 114 valence electrons. The maximum Gasteiger partial charge on any atom is 0.241 e. The molecular weight excluding hydrogens is 276 g/mol. The molecule has 0 radical (unpaired) electrons. The highest BCUT2D eigenvalue weighted by atomic mass is 16.2. The Morgan fingerprint density at radius 3 is 2.73 bits per heavy atom. The summed E-state index contributed by atoms with van der Waals surface area (Å²) in [5, 5.41) is 6.21. The molecule has 2 aromatic rings. The van der Waals surface area contributed by atoms with Gasteiger partial charge in [-0.15, -0.1) is 0 Å². The van der Waals surface area contributed by atoms with Gasteiger partial charge in [-0.05, 0) is 56.6 Å². The molecule has 1 saturated heterocycles. The van der Waals surface area contributed by atoms with E-state index in [1.54, 1.807) is 6.20 Å². The molecule has 1 aliphatic heterocycles. The van der Waals surface area contributed by atoms with Gasteiger partial charge in [-0.1, -0.05) is 6.42 Å².